The first-order chi connectivity index (χ1) is 16.5. The fourth-order valence-corrected chi connectivity index (χ4v) is 4.02. The first-order valence-electron chi connectivity index (χ1n) is 10.6. The maximum absolute atomic E-state index is 13.7. The zero-order valence-corrected chi connectivity index (χ0v) is 17.9. The number of fused-ring (bicyclic) bond motifs is 2. The Hall–Kier alpha value is -4.84. The van der Waals surface area contributed by atoms with Crippen LogP contribution in [0.25, 0.3) is 0 Å². The fraction of sp³-hybridized carbons (Fsp3) is 0. The molecule has 0 radical (unpaired) electrons. The van der Waals surface area contributed by atoms with E-state index in [0.29, 0.717) is 11.1 Å². The van der Waals surface area contributed by atoms with Gasteiger partial charge in [0.2, 0.25) is 0 Å². The van der Waals surface area contributed by atoms with E-state index in [9.17, 15) is 19.2 Å². The predicted octanol–water partition coefficient (Wildman–Crippen LogP) is 4.97. The van der Waals surface area contributed by atoms with Crippen LogP contribution in [0.2, 0.25) is 0 Å². The zero-order valence-electron chi connectivity index (χ0n) is 17.9. The average molecular weight is 446 g/mol. The summed E-state index contributed by atoms with van der Waals surface area (Å²) in [7, 11) is 0. The largest absolute Gasteiger partial charge is 0.321 e. The number of amides is 2. The summed E-state index contributed by atoms with van der Waals surface area (Å²) < 4.78 is 0. The normalized spacial score (nSPS) is 11.9. The van der Waals surface area contributed by atoms with Crippen LogP contribution in [0, 0.1) is 0 Å². The molecular formula is C28H18N2O4. The minimum absolute atomic E-state index is 0.102. The third-order valence-corrected chi connectivity index (χ3v) is 5.64. The monoisotopic (exact) mass is 446 g/mol. The van der Waals surface area contributed by atoms with Gasteiger partial charge < -0.3 is 10.6 Å². The van der Waals surface area contributed by atoms with Crippen LogP contribution in [0.15, 0.2) is 97.1 Å². The molecule has 1 aliphatic rings. The lowest BCUT2D eigenvalue weighted by Gasteiger charge is -2.22. The number of ketones is 2. The molecular weight excluding hydrogens is 428 g/mol. The van der Waals surface area contributed by atoms with Crippen molar-refractivity contribution in [2.45, 2.75) is 0 Å². The van der Waals surface area contributed by atoms with Gasteiger partial charge in [-0.25, -0.2) is 0 Å². The molecule has 1 aliphatic carbocycles. The highest BCUT2D eigenvalue weighted by Gasteiger charge is 2.34. The Kier molecular flexibility index (Phi) is 5.32. The molecule has 5 rings (SSSR count). The lowest BCUT2D eigenvalue weighted by atomic mass is 9.82. The number of hydrogen-bond donors (Lipinski definition) is 2. The Morgan fingerprint density at radius 2 is 0.882 bits per heavy atom. The van der Waals surface area contributed by atoms with Crippen molar-refractivity contribution in [3.05, 3.63) is 130 Å². The molecule has 0 bridgehead atoms. The standard InChI is InChI=1S/C28H18N2O4/c31-25-19-13-7-15-21(29-27(33)17-9-3-1-4-10-17)23(19)26(32)24-20(25)14-8-16-22(24)30-28(34)18-11-5-2-6-12-18/h1-16H,(H,29,33)(H,30,34). The van der Waals surface area contributed by atoms with Crippen LogP contribution in [0.4, 0.5) is 11.4 Å². The molecule has 0 unspecified atom stereocenters. The summed E-state index contributed by atoms with van der Waals surface area (Å²) in [5, 5.41) is 5.51. The molecule has 4 aromatic carbocycles. The summed E-state index contributed by atoms with van der Waals surface area (Å²) >= 11 is 0. The maximum Gasteiger partial charge on any atom is 0.255 e. The molecule has 0 aliphatic heterocycles. The van der Waals surface area contributed by atoms with Gasteiger partial charge in [0.05, 0.1) is 22.5 Å². The molecule has 0 atom stereocenters. The third-order valence-electron chi connectivity index (χ3n) is 5.64. The smallest absolute Gasteiger partial charge is 0.255 e. The first-order valence-corrected chi connectivity index (χ1v) is 10.6. The number of carbonyl (C=O) groups excluding carboxylic acids is 4. The van der Waals surface area contributed by atoms with Crippen molar-refractivity contribution in [3.63, 3.8) is 0 Å². The Labute approximate surface area is 195 Å². The van der Waals surface area contributed by atoms with Gasteiger partial charge in [-0.05, 0) is 36.4 Å². The number of rotatable bonds is 4. The molecule has 4 aromatic rings. The van der Waals surface area contributed by atoms with Crippen molar-refractivity contribution in [1.29, 1.82) is 0 Å². The van der Waals surface area contributed by atoms with Gasteiger partial charge in [-0.2, -0.15) is 0 Å². The van der Waals surface area contributed by atoms with E-state index >= 15 is 0 Å². The van der Waals surface area contributed by atoms with Gasteiger partial charge in [0.1, 0.15) is 0 Å². The van der Waals surface area contributed by atoms with E-state index in [1.54, 1.807) is 97.1 Å². The second-order valence-electron chi connectivity index (χ2n) is 7.75. The number of benzene rings is 4. The lowest BCUT2D eigenvalue weighted by molar-refractivity contribution is 0.0978. The molecule has 6 heteroatoms. The van der Waals surface area contributed by atoms with E-state index in [0.717, 1.165) is 0 Å². The van der Waals surface area contributed by atoms with Gasteiger partial charge in [0.15, 0.2) is 11.6 Å². The Morgan fingerprint density at radius 1 is 0.471 bits per heavy atom. The quantitative estimate of drug-likeness (QED) is 0.408. The van der Waals surface area contributed by atoms with Gasteiger partial charge in [-0.1, -0.05) is 60.7 Å². The number of anilines is 2. The van der Waals surface area contributed by atoms with Crippen molar-refractivity contribution in [3.8, 4) is 0 Å². The summed E-state index contributed by atoms with van der Waals surface area (Å²) in [6.07, 6.45) is 0. The maximum atomic E-state index is 13.7. The van der Waals surface area contributed by atoms with Gasteiger partial charge in [-0.3, -0.25) is 19.2 Å². The van der Waals surface area contributed by atoms with E-state index in [2.05, 4.69) is 10.6 Å². The topological polar surface area (TPSA) is 92.3 Å². The second kappa shape index (κ2) is 8.60. The molecule has 2 N–H and O–H groups in total. The van der Waals surface area contributed by atoms with Gasteiger partial charge >= 0.3 is 0 Å². The van der Waals surface area contributed by atoms with E-state index in [4.69, 9.17) is 0 Å². The van der Waals surface area contributed by atoms with Crippen LogP contribution in [0.5, 0.6) is 0 Å². The van der Waals surface area contributed by atoms with Crippen LogP contribution in [0.1, 0.15) is 52.6 Å². The molecule has 0 saturated heterocycles. The second-order valence-corrected chi connectivity index (χ2v) is 7.75. The van der Waals surface area contributed by atoms with Crippen LogP contribution >= 0.6 is 0 Å². The lowest BCUT2D eigenvalue weighted by Crippen LogP contribution is -2.26. The van der Waals surface area contributed by atoms with Crippen molar-refractivity contribution in [2.24, 2.45) is 0 Å². The molecule has 34 heavy (non-hydrogen) atoms. The minimum atomic E-state index is -0.447. The van der Waals surface area contributed by atoms with Crippen LogP contribution in [-0.2, 0) is 0 Å². The van der Waals surface area contributed by atoms with E-state index in [1.165, 1.54) is 0 Å². The van der Waals surface area contributed by atoms with Crippen molar-refractivity contribution in [2.75, 3.05) is 10.6 Å². The molecule has 0 saturated carbocycles. The molecule has 2 amide bonds. The highest BCUT2D eigenvalue weighted by atomic mass is 16.2. The van der Waals surface area contributed by atoms with Gasteiger partial charge in [0, 0.05) is 22.3 Å². The summed E-state index contributed by atoms with van der Waals surface area (Å²) in [6, 6.07) is 26.7. The van der Waals surface area contributed by atoms with Crippen molar-refractivity contribution >= 4 is 34.8 Å². The van der Waals surface area contributed by atoms with Crippen LogP contribution in [-0.4, -0.2) is 23.4 Å². The number of nitrogens with one attached hydrogen (secondary N) is 2. The molecule has 0 aromatic heterocycles. The third kappa shape index (κ3) is 3.67. The Balaban J connectivity index is 1.55. The highest BCUT2D eigenvalue weighted by Crippen LogP contribution is 2.35. The van der Waals surface area contributed by atoms with Crippen molar-refractivity contribution in [1.82, 2.24) is 0 Å². The number of carbonyl (C=O) groups is 4. The summed E-state index contributed by atoms with van der Waals surface area (Å²) in [5.41, 5.74) is 1.93. The van der Waals surface area contributed by atoms with Gasteiger partial charge in [0.25, 0.3) is 11.8 Å². The van der Waals surface area contributed by atoms with E-state index < -0.39 is 17.6 Å². The van der Waals surface area contributed by atoms with Crippen LogP contribution in [0.3, 0.4) is 0 Å². The zero-order chi connectivity index (χ0) is 23.7. The fourth-order valence-electron chi connectivity index (χ4n) is 4.02. The first kappa shape index (κ1) is 21.0. The SMILES string of the molecule is O=C(Nc1cccc2c1C(=O)c1c(NC(=O)c3ccccc3)cccc1C2=O)c1ccccc1. The minimum Gasteiger partial charge on any atom is -0.321 e. The average Bonchev–Trinajstić information content (AvgIpc) is 2.88. The van der Waals surface area contributed by atoms with Crippen molar-refractivity contribution < 1.29 is 19.2 Å². The number of hydrogen-bond acceptors (Lipinski definition) is 4. The molecule has 6 nitrogen and oxygen atoms in total. The summed E-state index contributed by atoms with van der Waals surface area (Å²) in [4.78, 5) is 52.4. The molecule has 0 spiro atoms. The predicted molar refractivity (Wildman–Crippen MR) is 129 cm³/mol. The van der Waals surface area contributed by atoms with Gasteiger partial charge in [-0.15, -0.1) is 0 Å². The highest BCUT2D eigenvalue weighted by molar-refractivity contribution is 6.33. The molecule has 164 valence electrons. The molecule has 0 heterocycles. The van der Waals surface area contributed by atoms with Crippen LogP contribution < -0.4 is 10.6 Å². The van der Waals surface area contributed by atoms with E-state index in [-0.39, 0.29) is 39.4 Å². The Bertz CT molecular complexity index is 1350. The molecule has 0 fully saturated rings. The summed E-state index contributed by atoms with van der Waals surface area (Å²) in [6.45, 7) is 0. The van der Waals surface area contributed by atoms with E-state index in [1.807, 2.05) is 0 Å². The Morgan fingerprint density at radius 3 is 1.29 bits per heavy atom. The summed E-state index contributed by atoms with van der Waals surface area (Å²) in [5.74, 6) is -1.59.